The number of rotatable bonds is 4. The number of carbonyl (C=O) groups excluding carboxylic acids is 1. The van der Waals surface area contributed by atoms with Gasteiger partial charge in [0.1, 0.15) is 0 Å². The third kappa shape index (κ3) is 3.55. The summed E-state index contributed by atoms with van der Waals surface area (Å²) < 4.78 is 5.32. The highest BCUT2D eigenvalue weighted by Gasteiger charge is 2.31. The fraction of sp³-hybridized carbons (Fsp3) is 0.500. The number of nitro groups is 1. The Kier molecular flexibility index (Phi) is 5.20. The molecular weight excluding hydrogens is 364 g/mol. The minimum absolute atomic E-state index is 0.00243. The van der Waals surface area contributed by atoms with E-state index in [1.54, 1.807) is 23.4 Å². The van der Waals surface area contributed by atoms with Crippen LogP contribution in [0, 0.1) is 10.1 Å². The number of nitrogens with zero attached hydrogens (tertiary/aromatic N) is 5. The number of pyridine rings is 1. The van der Waals surface area contributed by atoms with Crippen LogP contribution in [0.1, 0.15) is 34.8 Å². The predicted octanol–water partition coefficient (Wildman–Crippen LogP) is 1.57. The van der Waals surface area contributed by atoms with Crippen molar-refractivity contribution in [1.29, 1.82) is 0 Å². The van der Waals surface area contributed by atoms with Crippen LogP contribution in [0.2, 0.25) is 0 Å². The van der Waals surface area contributed by atoms with Gasteiger partial charge in [0, 0.05) is 44.4 Å². The lowest BCUT2D eigenvalue weighted by molar-refractivity contribution is -0.384. The van der Waals surface area contributed by atoms with Gasteiger partial charge in [-0.1, -0.05) is 0 Å². The molecular formula is C18H22N6O4. The van der Waals surface area contributed by atoms with Gasteiger partial charge >= 0.3 is 5.69 Å². The molecule has 2 aromatic rings. The first-order valence-corrected chi connectivity index (χ1v) is 9.40. The molecule has 4 heterocycles. The van der Waals surface area contributed by atoms with Gasteiger partial charge in [0.05, 0.1) is 35.6 Å². The Bertz CT molecular complexity index is 863. The summed E-state index contributed by atoms with van der Waals surface area (Å²) in [5, 5.41) is 18.5. The summed E-state index contributed by atoms with van der Waals surface area (Å²) in [4.78, 5) is 31.8. The summed E-state index contributed by atoms with van der Waals surface area (Å²) in [5.41, 5.74) is 1.36. The van der Waals surface area contributed by atoms with Crippen LogP contribution in [0.15, 0.2) is 24.5 Å². The van der Waals surface area contributed by atoms with E-state index < -0.39 is 4.92 Å². The molecule has 10 heteroatoms. The van der Waals surface area contributed by atoms with E-state index in [1.165, 1.54) is 6.07 Å². The molecule has 0 bridgehead atoms. The summed E-state index contributed by atoms with van der Waals surface area (Å²) >= 11 is 0. The number of morpholine rings is 1. The second-order valence-electron chi connectivity index (χ2n) is 6.99. The second-order valence-corrected chi connectivity index (χ2v) is 6.99. The largest absolute Gasteiger partial charge is 0.378 e. The number of H-pyrrole nitrogens is 1. The number of anilines is 1. The fourth-order valence-corrected chi connectivity index (χ4v) is 3.89. The fourth-order valence-electron chi connectivity index (χ4n) is 3.89. The van der Waals surface area contributed by atoms with E-state index in [2.05, 4.69) is 15.2 Å². The number of hydrogen-bond donors (Lipinski definition) is 1. The molecule has 1 atom stereocenters. The SMILES string of the molecule is O=C(c1cn[nH]c1[C@@H]1CCCN(c2ncccc2[N+](=O)[O-])C1)N1CCOCC1. The normalized spacial score (nSPS) is 20.2. The van der Waals surface area contributed by atoms with Gasteiger partial charge in [0.25, 0.3) is 5.91 Å². The zero-order valence-electron chi connectivity index (χ0n) is 15.4. The molecule has 2 saturated heterocycles. The van der Waals surface area contributed by atoms with E-state index in [4.69, 9.17) is 4.74 Å². The Labute approximate surface area is 161 Å². The Morgan fingerprint density at radius 3 is 2.93 bits per heavy atom. The molecule has 2 aliphatic heterocycles. The number of piperidine rings is 1. The molecule has 2 fully saturated rings. The monoisotopic (exact) mass is 386 g/mol. The third-order valence-electron chi connectivity index (χ3n) is 5.29. The van der Waals surface area contributed by atoms with Crippen molar-refractivity contribution in [3.8, 4) is 0 Å². The first kappa shape index (κ1) is 18.4. The number of amides is 1. The summed E-state index contributed by atoms with van der Waals surface area (Å²) in [6, 6.07) is 3.03. The van der Waals surface area contributed by atoms with Gasteiger partial charge in [0.2, 0.25) is 5.82 Å². The molecule has 2 aliphatic rings. The molecule has 28 heavy (non-hydrogen) atoms. The highest BCUT2D eigenvalue weighted by atomic mass is 16.6. The molecule has 0 unspecified atom stereocenters. The average molecular weight is 386 g/mol. The lowest BCUT2D eigenvalue weighted by Gasteiger charge is -2.33. The minimum atomic E-state index is -0.407. The zero-order valence-corrected chi connectivity index (χ0v) is 15.4. The summed E-state index contributed by atoms with van der Waals surface area (Å²) in [7, 11) is 0. The molecule has 1 amide bonds. The van der Waals surface area contributed by atoms with Crippen LogP contribution in [0.3, 0.4) is 0 Å². The van der Waals surface area contributed by atoms with Crippen molar-refractivity contribution in [3.05, 3.63) is 45.9 Å². The van der Waals surface area contributed by atoms with E-state index in [-0.39, 0.29) is 17.5 Å². The van der Waals surface area contributed by atoms with Gasteiger partial charge in [-0.3, -0.25) is 20.0 Å². The highest BCUT2D eigenvalue weighted by Crippen LogP contribution is 2.33. The summed E-state index contributed by atoms with van der Waals surface area (Å²) in [6.07, 6.45) is 4.87. The van der Waals surface area contributed by atoms with Crippen molar-refractivity contribution in [2.24, 2.45) is 0 Å². The lowest BCUT2D eigenvalue weighted by atomic mass is 9.92. The van der Waals surface area contributed by atoms with Gasteiger partial charge in [0.15, 0.2) is 0 Å². The Morgan fingerprint density at radius 1 is 1.32 bits per heavy atom. The lowest BCUT2D eigenvalue weighted by Crippen LogP contribution is -2.41. The maximum absolute atomic E-state index is 12.9. The Morgan fingerprint density at radius 2 is 2.14 bits per heavy atom. The highest BCUT2D eigenvalue weighted by molar-refractivity contribution is 5.95. The molecule has 0 radical (unpaired) electrons. The Hall–Kier alpha value is -3.01. The van der Waals surface area contributed by atoms with Crippen molar-refractivity contribution < 1.29 is 14.5 Å². The summed E-state index contributed by atoms with van der Waals surface area (Å²) in [6.45, 7) is 3.46. The van der Waals surface area contributed by atoms with Crippen molar-refractivity contribution in [1.82, 2.24) is 20.1 Å². The standard InChI is InChI=1S/C18H22N6O4/c25-18(22-7-9-28-10-8-22)14-11-20-21-16(14)13-3-2-6-23(12-13)17-15(24(26)27)4-1-5-19-17/h1,4-5,11,13H,2-3,6-10,12H2,(H,20,21)/t13-/m1/s1. The van der Waals surface area contributed by atoms with E-state index in [0.29, 0.717) is 50.8 Å². The van der Waals surface area contributed by atoms with Crippen LogP contribution in [0.5, 0.6) is 0 Å². The van der Waals surface area contributed by atoms with Crippen LogP contribution in [0.4, 0.5) is 11.5 Å². The topological polar surface area (TPSA) is 117 Å². The van der Waals surface area contributed by atoms with E-state index in [0.717, 1.165) is 18.5 Å². The van der Waals surface area contributed by atoms with Gasteiger partial charge in [-0.05, 0) is 18.9 Å². The van der Waals surface area contributed by atoms with Crippen molar-refractivity contribution >= 4 is 17.4 Å². The molecule has 4 rings (SSSR count). The van der Waals surface area contributed by atoms with Gasteiger partial charge in [-0.25, -0.2) is 4.98 Å². The minimum Gasteiger partial charge on any atom is -0.378 e. The van der Waals surface area contributed by atoms with Crippen molar-refractivity contribution in [2.75, 3.05) is 44.3 Å². The van der Waals surface area contributed by atoms with Gasteiger partial charge in [-0.15, -0.1) is 0 Å². The van der Waals surface area contributed by atoms with Crippen LogP contribution < -0.4 is 4.90 Å². The number of aromatic nitrogens is 3. The molecule has 148 valence electrons. The average Bonchev–Trinajstić information content (AvgIpc) is 3.24. The quantitative estimate of drug-likeness (QED) is 0.626. The maximum Gasteiger partial charge on any atom is 0.311 e. The second kappa shape index (κ2) is 7.93. The number of hydrogen-bond acceptors (Lipinski definition) is 7. The molecule has 10 nitrogen and oxygen atoms in total. The smallest absolute Gasteiger partial charge is 0.311 e. The first-order valence-electron chi connectivity index (χ1n) is 9.40. The van der Waals surface area contributed by atoms with E-state index in [9.17, 15) is 14.9 Å². The van der Waals surface area contributed by atoms with Crippen LogP contribution >= 0.6 is 0 Å². The molecule has 0 spiro atoms. The summed E-state index contributed by atoms with van der Waals surface area (Å²) in [5.74, 6) is 0.351. The van der Waals surface area contributed by atoms with Crippen molar-refractivity contribution in [3.63, 3.8) is 0 Å². The van der Waals surface area contributed by atoms with E-state index >= 15 is 0 Å². The van der Waals surface area contributed by atoms with Crippen LogP contribution in [-0.4, -0.2) is 70.3 Å². The van der Waals surface area contributed by atoms with Gasteiger partial charge in [-0.2, -0.15) is 5.10 Å². The molecule has 2 aromatic heterocycles. The van der Waals surface area contributed by atoms with Gasteiger partial charge < -0.3 is 14.5 Å². The molecule has 0 saturated carbocycles. The Balaban J connectivity index is 1.56. The van der Waals surface area contributed by atoms with Crippen LogP contribution in [0.25, 0.3) is 0 Å². The third-order valence-corrected chi connectivity index (χ3v) is 5.29. The predicted molar refractivity (Wildman–Crippen MR) is 100 cm³/mol. The first-order chi connectivity index (χ1) is 13.6. The number of nitrogens with one attached hydrogen (secondary N) is 1. The molecule has 0 aliphatic carbocycles. The molecule has 0 aromatic carbocycles. The zero-order chi connectivity index (χ0) is 19.5. The number of aromatic amines is 1. The van der Waals surface area contributed by atoms with E-state index in [1.807, 2.05) is 4.90 Å². The number of ether oxygens (including phenoxy) is 1. The molecule has 1 N–H and O–H groups in total. The van der Waals surface area contributed by atoms with Crippen molar-refractivity contribution in [2.45, 2.75) is 18.8 Å². The number of carbonyl (C=O) groups is 1. The van der Waals surface area contributed by atoms with Crippen LogP contribution in [-0.2, 0) is 4.74 Å². The maximum atomic E-state index is 12.9.